The minimum absolute atomic E-state index is 0.0980. The Hall–Kier alpha value is -3.65. The van der Waals surface area contributed by atoms with Gasteiger partial charge in [0.1, 0.15) is 5.75 Å². The Labute approximate surface area is 196 Å². The van der Waals surface area contributed by atoms with Gasteiger partial charge in [0.25, 0.3) is 5.91 Å². The first-order chi connectivity index (χ1) is 16.2. The van der Waals surface area contributed by atoms with Crippen LogP contribution in [-0.4, -0.2) is 46.9 Å². The van der Waals surface area contributed by atoms with E-state index in [2.05, 4.69) is 32.4 Å². The largest absolute Gasteiger partial charge is 0.497 e. The highest BCUT2D eigenvalue weighted by Gasteiger charge is 2.25. The molecule has 2 aromatic carbocycles. The first-order valence-electron chi connectivity index (χ1n) is 11.0. The van der Waals surface area contributed by atoms with Crippen molar-refractivity contribution in [3.8, 4) is 22.1 Å². The van der Waals surface area contributed by atoms with Crippen molar-refractivity contribution in [3.05, 3.63) is 77.9 Å². The number of para-hydroxylation sites is 1. The summed E-state index contributed by atoms with van der Waals surface area (Å²) in [6, 6.07) is 21.9. The van der Waals surface area contributed by atoms with Crippen LogP contribution in [0.3, 0.4) is 0 Å². The van der Waals surface area contributed by atoms with Crippen molar-refractivity contribution >= 4 is 22.9 Å². The molecule has 2 aromatic heterocycles. The van der Waals surface area contributed by atoms with Crippen molar-refractivity contribution in [1.29, 1.82) is 0 Å². The van der Waals surface area contributed by atoms with Gasteiger partial charge in [0.05, 0.1) is 17.7 Å². The maximum absolute atomic E-state index is 13.0. The van der Waals surface area contributed by atoms with Gasteiger partial charge in [0.15, 0.2) is 5.82 Å². The van der Waals surface area contributed by atoms with E-state index in [1.807, 2.05) is 60.0 Å². The first-order valence-corrected chi connectivity index (χ1v) is 11.9. The Bertz CT molecular complexity index is 1200. The van der Waals surface area contributed by atoms with Crippen molar-refractivity contribution in [3.63, 3.8) is 0 Å². The van der Waals surface area contributed by atoms with Crippen LogP contribution < -0.4 is 15.0 Å². The molecule has 1 N–H and O–H groups in total. The molecule has 0 aliphatic carbocycles. The lowest BCUT2D eigenvalue weighted by atomic mass is 10.0. The number of methoxy groups -OCH3 is 1. The maximum Gasteiger partial charge on any atom is 0.291 e. The van der Waals surface area contributed by atoms with Crippen LogP contribution in [0.1, 0.15) is 23.5 Å². The number of amides is 1. The van der Waals surface area contributed by atoms with Gasteiger partial charge in [-0.15, -0.1) is 16.4 Å². The van der Waals surface area contributed by atoms with E-state index in [0.29, 0.717) is 5.82 Å². The Morgan fingerprint density at radius 1 is 1.00 bits per heavy atom. The lowest BCUT2D eigenvalue weighted by Crippen LogP contribution is -2.45. The number of nitrogens with zero attached hydrogens (tertiary/aromatic N) is 4. The van der Waals surface area contributed by atoms with Gasteiger partial charge in [-0.1, -0.05) is 24.3 Å². The summed E-state index contributed by atoms with van der Waals surface area (Å²) in [6.45, 7) is 1.76. The molecule has 1 aliphatic rings. The molecule has 7 nitrogen and oxygen atoms in total. The number of carbonyl (C=O) groups is 1. The molecule has 5 rings (SSSR count). The molecular formula is C25H25N5O2S. The third-order valence-corrected chi connectivity index (χ3v) is 6.69. The minimum atomic E-state index is -0.231. The number of piperidine rings is 1. The fourth-order valence-corrected chi connectivity index (χ4v) is 4.75. The minimum Gasteiger partial charge on any atom is -0.497 e. The van der Waals surface area contributed by atoms with Gasteiger partial charge in [-0.25, -0.2) is 9.67 Å². The number of nitrogens with one attached hydrogen (secondary N) is 1. The molecule has 33 heavy (non-hydrogen) atoms. The molecule has 0 spiro atoms. The summed E-state index contributed by atoms with van der Waals surface area (Å²) in [5, 5.41) is 9.70. The summed E-state index contributed by atoms with van der Waals surface area (Å²) in [7, 11) is 1.67. The van der Waals surface area contributed by atoms with Crippen molar-refractivity contribution in [2.24, 2.45) is 0 Å². The van der Waals surface area contributed by atoms with E-state index >= 15 is 0 Å². The number of rotatable bonds is 6. The normalized spacial score (nSPS) is 14.3. The molecule has 4 aromatic rings. The number of ether oxygens (including phenoxy) is 1. The van der Waals surface area contributed by atoms with Crippen molar-refractivity contribution in [2.45, 2.75) is 18.9 Å². The van der Waals surface area contributed by atoms with Crippen LogP contribution in [-0.2, 0) is 0 Å². The zero-order valence-corrected chi connectivity index (χ0v) is 19.2. The smallest absolute Gasteiger partial charge is 0.291 e. The van der Waals surface area contributed by atoms with Crippen molar-refractivity contribution in [1.82, 2.24) is 20.1 Å². The van der Waals surface area contributed by atoms with E-state index in [1.165, 1.54) is 5.69 Å². The highest BCUT2D eigenvalue weighted by Crippen LogP contribution is 2.26. The van der Waals surface area contributed by atoms with Crippen LogP contribution in [0, 0.1) is 0 Å². The van der Waals surface area contributed by atoms with Gasteiger partial charge in [-0.3, -0.25) is 4.79 Å². The second kappa shape index (κ2) is 9.46. The van der Waals surface area contributed by atoms with Crippen LogP contribution in [0.2, 0.25) is 0 Å². The van der Waals surface area contributed by atoms with Crippen LogP contribution in [0.4, 0.5) is 5.69 Å². The molecule has 1 aliphatic heterocycles. The summed E-state index contributed by atoms with van der Waals surface area (Å²) in [4.78, 5) is 20.9. The van der Waals surface area contributed by atoms with E-state index in [0.717, 1.165) is 42.2 Å². The SMILES string of the molecule is COc1ccc(N2CCC(NC(=O)c3nc(-c4cccs4)n(-c4ccccc4)n3)CC2)cc1. The average Bonchev–Trinajstić information content (AvgIpc) is 3.55. The third kappa shape index (κ3) is 4.61. The summed E-state index contributed by atoms with van der Waals surface area (Å²) in [6.07, 6.45) is 1.74. The highest BCUT2D eigenvalue weighted by atomic mass is 32.1. The molecular weight excluding hydrogens is 434 g/mol. The number of anilines is 1. The predicted octanol–water partition coefficient (Wildman–Crippen LogP) is 4.40. The van der Waals surface area contributed by atoms with Crippen LogP contribution in [0.15, 0.2) is 72.1 Å². The monoisotopic (exact) mass is 459 g/mol. The molecule has 0 bridgehead atoms. The van der Waals surface area contributed by atoms with Crippen molar-refractivity contribution in [2.75, 3.05) is 25.1 Å². The number of carbonyl (C=O) groups excluding carboxylic acids is 1. The van der Waals surface area contributed by atoms with E-state index in [-0.39, 0.29) is 17.8 Å². The van der Waals surface area contributed by atoms with Gasteiger partial charge >= 0.3 is 0 Å². The van der Waals surface area contributed by atoms with Gasteiger partial charge in [-0.2, -0.15) is 0 Å². The van der Waals surface area contributed by atoms with Crippen LogP contribution in [0.5, 0.6) is 5.75 Å². The quantitative estimate of drug-likeness (QED) is 0.463. The van der Waals surface area contributed by atoms with E-state index in [9.17, 15) is 4.79 Å². The molecule has 0 unspecified atom stereocenters. The number of hydrogen-bond donors (Lipinski definition) is 1. The Morgan fingerprint density at radius 2 is 1.76 bits per heavy atom. The lowest BCUT2D eigenvalue weighted by molar-refractivity contribution is 0.0920. The number of thiophene rings is 1. The standard InChI is InChI=1S/C25H25N5O2S/c1-32-21-11-9-19(10-12-21)29-15-13-18(14-16-29)26-25(31)23-27-24(22-8-5-17-33-22)30(28-23)20-6-3-2-4-7-20/h2-12,17-18H,13-16H2,1H3,(H,26,31). The fourth-order valence-electron chi connectivity index (χ4n) is 4.05. The Morgan fingerprint density at radius 3 is 2.42 bits per heavy atom. The predicted molar refractivity (Wildman–Crippen MR) is 130 cm³/mol. The fraction of sp³-hybridized carbons (Fsp3) is 0.240. The summed E-state index contributed by atoms with van der Waals surface area (Å²) in [5.74, 6) is 1.49. The summed E-state index contributed by atoms with van der Waals surface area (Å²) >= 11 is 1.58. The molecule has 8 heteroatoms. The van der Waals surface area contributed by atoms with Crippen LogP contribution in [0.25, 0.3) is 16.4 Å². The zero-order valence-electron chi connectivity index (χ0n) is 18.3. The molecule has 0 atom stereocenters. The Balaban J connectivity index is 1.27. The van der Waals surface area contributed by atoms with E-state index in [1.54, 1.807) is 23.1 Å². The highest BCUT2D eigenvalue weighted by molar-refractivity contribution is 7.13. The lowest BCUT2D eigenvalue weighted by Gasteiger charge is -2.33. The number of aromatic nitrogens is 3. The summed E-state index contributed by atoms with van der Waals surface area (Å²) in [5.41, 5.74) is 2.05. The van der Waals surface area contributed by atoms with E-state index < -0.39 is 0 Å². The zero-order chi connectivity index (χ0) is 22.6. The first kappa shape index (κ1) is 21.2. The maximum atomic E-state index is 13.0. The van der Waals surface area contributed by atoms with Gasteiger partial charge in [0.2, 0.25) is 5.82 Å². The second-order valence-corrected chi connectivity index (χ2v) is 8.86. The molecule has 3 heterocycles. The number of benzene rings is 2. The summed E-state index contributed by atoms with van der Waals surface area (Å²) < 4.78 is 6.99. The molecule has 1 fully saturated rings. The Kier molecular flexibility index (Phi) is 6.08. The van der Waals surface area contributed by atoms with Crippen LogP contribution >= 0.6 is 11.3 Å². The van der Waals surface area contributed by atoms with Gasteiger partial charge in [0, 0.05) is 24.8 Å². The number of hydrogen-bond acceptors (Lipinski definition) is 6. The second-order valence-electron chi connectivity index (χ2n) is 7.92. The van der Waals surface area contributed by atoms with Gasteiger partial charge < -0.3 is 15.0 Å². The third-order valence-electron chi connectivity index (χ3n) is 5.82. The van der Waals surface area contributed by atoms with E-state index in [4.69, 9.17) is 4.74 Å². The van der Waals surface area contributed by atoms with Gasteiger partial charge in [-0.05, 0) is 60.7 Å². The topological polar surface area (TPSA) is 72.3 Å². The molecule has 168 valence electrons. The molecule has 0 radical (unpaired) electrons. The molecule has 0 saturated carbocycles. The van der Waals surface area contributed by atoms with Crippen molar-refractivity contribution < 1.29 is 9.53 Å². The molecule has 1 amide bonds. The molecule has 1 saturated heterocycles. The average molecular weight is 460 g/mol.